The van der Waals surface area contributed by atoms with Gasteiger partial charge < -0.3 is 15.4 Å². The lowest BCUT2D eigenvalue weighted by atomic mass is 9.99. The maximum atomic E-state index is 12.7. The quantitative estimate of drug-likeness (QED) is 0.763. The first kappa shape index (κ1) is 23.7. The number of hydrogen-bond acceptors (Lipinski definition) is 5. The molecule has 0 spiro atoms. The Morgan fingerprint density at radius 2 is 2.12 bits per heavy atom. The van der Waals surface area contributed by atoms with Gasteiger partial charge in [-0.05, 0) is 30.2 Å². The highest BCUT2D eigenvalue weighted by atomic mass is 35.5. The summed E-state index contributed by atoms with van der Waals surface area (Å²) in [7, 11) is 1.93. The minimum absolute atomic E-state index is 0. The predicted octanol–water partition coefficient (Wildman–Crippen LogP) is 2.94. The topological polar surface area (TPSA) is 58.8 Å². The van der Waals surface area contributed by atoms with Crippen LogP contribution in [-0.2, 0) is 9.53 Å². The first-order chi connectivity index (χ1) is 11.6. The number of nitrogens with two attached hydrogens (primary N) is 1. The van der Waals surface area contributed by atoms with Gasteiger partial charge in [0.1, 0.15) is 0 Å². The molecule has 1 aliphatic heterocycles. The lowest BCUT2D eigenvalue weighted by molar-refractivity contribution is -0.132. The molecule has 1 aromatic heterocycles. The van der Waals surface area contributed by atoms with Crippen molar-refractivity contribution in [3.8, 4) is 0 Å². The lowest BCUT2D eigenvalue weighted by Crippen LogP contribution is -2.44. The lowest BCUT2D eigenvalue weighted by Gasteiger charge is -2.36. The van der Waals surface area contributed by atoms with Crippen LogP contribution in [0.15, 0.2) is 17.5 Å². The zero-order valence-corrected chi connectivity index (χ0v) is 17.8. The van der Waals surface area contributed by atoms with Crippen molar-refractivity contribution in [2.24, 2.45) is 11.7 Å². The van der Waals surface area contributed by atoms with Gasteiger partial charge in [-0.2, -0.15) is 0 Å². The van der Waals surface area contributed by atoms with Crippen molar-refractivity contribution in [3.05, 3.63) is 22.4 Å². The van der Waals surface area contributed by atoms with E-state index in [2.05, 4.69) is 22.4 Å². The number of carbonyl (C=O) groups is 1. The third-order valence-corrected chi connectivity index (χ3v) is 6.36. The summed E-state index contributed by atoms with van der Waals surface area (Å²) < 4.78 is 5.49. The number of nitrogens with zero attached hydrogens (tertiary/aromatic N) is 2. The summed E-state index contributed by atoms with van der Waals surface area (Å²) in [6.45, 7) is 4.14. The standard InChI is InChI=1S/C18H29N3O2S.2ClH/c1-20(18(22)12-14-4-2-5-15(14)19)13-16(17-6-3-11-24-17)21-7-9-23-10-8-21;;/h3,6,11,14-16H,2,4-5,7-10,12-13,19H2,1H3;2*1H/t14-,15+,16?;;/m0../s1. The molecule has 1 saturated carbocycles. The van der Waals surface area contributed by atoms with E-state index in [0.717, 1.165) is 52.1 Å². The Kier molecular flexibility index (Phi) is 10.4. The minimum atomic E-state index is 0. The highest BCUT2D eigenvalue weighted by Crippen LogP contribution is 2.29. The van der Waals surface area contributed by atoms with Crippen LogP contribution in [0.1, 0.15) is 36.6 Å². The van der Waals surface area contributed by atoms with Crippen LogP contribution in [0.5, 0.6) is 0 Å². The molecule has 2 N–H and O–H groups in total. The van der Waals surface area contributed by atoms with Crippen LogP contribution in [-0.4, -0.2) is 61.6 Å². The molecule has 0 radical (unpaired) electrons. The predicted molar refractivity (Wildman–Crippen MR) is 112 cm³/mol. The van der Waals surface area contributed by atoms with Crippen LogP contribution >= 0.6 is 36.2 Å². The van der Waals surface area contributed by atoms with Gasteiger partial charge in [-0.15, -0.1) is 36.2 Å². The second-order valence-corrected chi connectivity index (χ2v) is 7.99. The molecule has 2 heterocycles. The highest BCUT2D eigenvalue weighted by molar-refractivity contribution is 7.10. The molecule has 1 aliphatic carbocycles. The van der Waals surface area contributed by atoms with Crippen LogP contribution < -0.4 is 5.73 Å². The maximum Gasteiger partial charge on any atom is 0.222 e. The average Bonchev–Trinajstić information content (AvgIpc) is 3.26. The number of thiophene rings is 1. The van der Waals surface area contributed by atoms with Crippen molar-refractivity contribution < 1.29 is 9.53 Å². The Balaban J connectivity index is 0.00000169. The second-order valence-electron chi connectivity index (χ2n) is 7.01. The molecule has 26 heavy (non-hydrogen) atoms. The van der Waals surface area contributed by atoms with Gasteiger partial charge in [-0.25, -0.2) is 0 Å². The molecule has 8 heteroatoms. The summed E-state index contributed by atoms with van der Waals surface area (Å²) in [4.78, 5) is 18.3. The second kappa shape index (κ2) is 11.5. The van der Waals surface area contributed by atoms with E-state index >= 15 is 0 Å². The summed E-state index contributed by atoms with van der Waals surface area (Å²) in [6, 6.07) is 4.73. The van der Waals surface area contributed by atoms with Gasteiger partial charge in [0, 0.05) is 44.0 Å². The Labute approximate surface area is 173 Å². The fourth-order valence-electron chi connectivity index (χ4n) is 3.82. The molecule has 3 rings (SSSR count). The van der Waals surface area contributed by atoms with Gasteiger partial charge in [0.2, 0.25) is 5.91 Å². The van der Waals surface area contributed by atoms with E-state index in [-0.39, 0.29) is 42.8 Å². The molecule has 1 aromatic rings. The summed E-state index contributed by atoms with van der Waals surface area (Å²) >= 11 is 1.77. The number of morpholine rings is 1. The monoisotopic (exact) mass is 423 g/mol. The van der Waals surface area contributed by atoms with Crippen LogP contribution in [0.25, 0.3) is 0 Å². The molecule has 1 amide bonds. The van der Waals surface area contributed by atoms with E-state index < -0.39 is 0 Å². The smallest absolute Gasteiger partial charge is 0.222 e. The number of halogens is 2. The zero-order chi connectivity index (χ0) is 16.9. The molecular weight excluding hydrogens is 393 g/mol. The maximum absolute atomic E-state index is 12.7. The van der Waals surface area contributed by atoms with Crippen molar-refractivity contribution in [2.45, 2.75) is 37.8 Å². The summed E-state index contributed by atoms with van der Waals surface area (Å²) in [5.74, 6) is 0.593. The Morgan fingerprint density at radius 3 is 2.69 bits per heavy atom. The minimum Gasteiger partial charge on any atom is -0.379 e. The molecule has 3 atom stereocenters. The molecule has 0 aromatic carbocycles. The number of hydrogen-bond donors (Lipinski definition) is 1. The molecule has 0 bridgehead atoms. The number of ether oxygens (including phenoxy) is 1. The van der Waals surface area contributed by atoms with E-state index in [9.17, 15) is 4.79 Å². The zero-order valence-electron chi connectivity index (χ0n) is 15.3. The van der Waals surface area contributed by atoms with E-state index in [1.165, 1.54) is 4.88 Å². The van der Waals surface area contributed by atoms with Crippen LogP contribution in [0, 0.1) is 5.92 Å². The third-order valence-electron chi connectivity index (χ3n) is 5.39. The Morgan fingerprint density at radius 1 is 1.38 bits per heavy atom. The van der Waals surface area contributed by atoms with Crippen LogP contribution in [0.4, 0.5) is 0 Å². The summed E-state index contributed by atoms with van der Waals surface area (Å²) in [6.07, 6.45) is 3.91. The fourth-order valence-corrected chi connectivity index (χ4v) is 4.67. The molecule has 5 nitrogen and oxygen atoms in total. The summed E-state index contributed by atoms with van der Waals surface area (Å²) in [5, 5.41) is 2.11. The number of amides is 1. The molecule has 150 valence electrons. The number of rotatable bonds is 6. The van der Waals surface area contributed by atoms with Crippen molar-refractivity contribution >= 4 is 42.1 Å². The van der Waals surface area contributed by atoms with Crippen molar-refractivity contribution in [3.63, 3.8) is 0 Å². The number of carbonyl (C=O) groups excluding carboxylic acids is 1. The first-order valence-corrected chi connectivity index (χ1v) is 9.88. The SMILES string of the molecule is CN(CC(c1cccs1)N1CCOCC1)C(=O)C[C@@H]1CCC[C@H]1N.Cl.Cl. The molecular formula is C18H31Cl2N3O2S. The van der Waals surface area contributed by atoms with Crippen molar-refractivity contribution in [2.75, 3.05) is 39.9 Å². The molecule has 2 fully saturated rings. The van der Waals surface area contributed by atoms with Gasteiger partial charge in [-0.1, -0.05) is 12.5 Å². The van der Waals surface area contributed by atoms with E-state index in [1.54, 1.807) is 11.3 Å². The third kappa shape index (κ3) is 6.08. The van der Waals surface area contributed by atoms with Crippen molar-refractivity contribution in [1.82, 2.24) is 9.80 Å². The highest BCUT2D eigenvalue weighted by Gasteiger charge is 2.30. The average molecular weight is 424 g/mol. The normalized spacial score (nSPS) is 24.4. The van der Waals surface area contributed by atoms with Gasteiger partial charge in [-0.3, -0.25) is 9.69 Å². The van der Waals surface area contributed by atoms with E-state index in [4.69, 9.17) is 10.5 Å². The van der Waals surface area contributed by atoms with E-state index in [1.807, 2.05) is 11.9 Å². The molecule has 1 saturated heterocycles. The largest absolute Gasteiger partial charge is 0.379 e. The first-order valence-electron chi connectivity index (χ1n) is 9.00. The van der Waals surface area contributed by atoms with E-state index in [0.29, 0.717) is 12.3 Å². The Bertz CT molecular complexity index is 527. The van der Waals surface area contributed by atoms with Gasteiger partial charge in [0.15, 0.2) is 0 Å². The fraction of sp³-hybridized carbons (Fsp3) is 0.722. The van der Waals surface area contributed by atoms with Crippen LogP contribution in [0.3, 0.4) is 0 Å². The Hall–Kier alpha value is -0.370. The van der Waals surface area contributed by atoms with Gasteiger partial charge in [0.05, 0.1) is 19.3 Å². The van der Waals surface area contributed by atoms with Crippen molar-refractivity contribution in [1.29, 1.82) is 0 Å². The summed E-state index contributed by atoms with van der Waals surface area (Å²) in [5.41, 5.74) is 6.13. The number of likely N-dealkylation sites (N-methyl/N-ethyl adjacent to an activating group) is 1. The van der Waals surface area contributed by atoms with Crippen LogP contribution in [0.2, 0.25) is 0 Å². The molecule has 1 unspecified atom stereocenters. The molecule has 2 aliphatic rings. The van der Waals surface area contributed by atoms with Gasteiger partial charge in [0.25, 0.3) is 0 Å². The van der Waals surface area contributed by atoms with Gasteiger partial charge >= 0.3 is 0 Å².